The maximum atomic E-state index is 4.67. The molecule has 110 valence electrons. The zero-order valence-corrected chi connectivity index (χ0v) is 14.7. The van der Waals surface area contributed by atoms with E-state index in [1.54, 1.807) is 45.8 Å². The molecule has 0 aliphatic carbocycles. The average molecular weight is 355 g/mol. The van der Waals surface area contributed by atoms with Crippen molar-refractivity contribution in [3.8, 4) is 10.6 Å². The summed E-state index contributed by atoms with van der Waals surface area (Å²) in [6.45, 7) is 3.08. The molecule has 0 bridgehead atoms. The number of nitrogens with zero attached hydrogens (tertiary/aromatic N) is 3. The maximum absolute atomic E-state index is 4.67. The molecule has 0 spiro atoms. The fourth-order valence-electron chi connectivity index (χ4n) is 1.60. The van der Waals surface area contributed by atoms with Crippen LogP contribution in [0.1, 0.15) is 19.0 Å². The third-order valence-corrected chi connectivity index (χ3v) is 6.27. The van der Waals surface area contributed by atoms with Crippen LogP contribution >= 0.6 is 45.8 Å². The van der Waals surface area contributed by atoms with Crippen LogP contribution in [0, 0.1) is 0 Å². The molecule has 4 nitrogen and oxygen atoms in total. The van der Waals surface area contributed by atoms with Crippen molar-refractivity contribution in [2.45, 2.75) is 23.4 Å². The second kappa shape index (κ2) is 7.35. The maximum Gasteiger partial charge on any atom is 0.206 e. The molecule has 0 aliphatic rings. The fourth-order valence-corrected chi connectivity index (χ4v) is 4.91. The van der Waals surface area contributed by atoms with Gasteiger partial charge in [-0.3, -0.25) is 0 Å². The predicted octanol–water partition coefficient (Wildman–Crippen LogP) is 4.84. The predicted molar refractivity (Wildman–Crippen MR) is 93.7 cm³/mol. The summed E-state index contributed by atoms with van der Waals surface area (Å²) in [7, 11) is 0. The number of hydrogen-bond acceptors (Lipinski definition) is 8. The van der Waals surface area contributed by atoms with E-state index in [4.69, 9.17) is 0 Å². The molecule has 3 rings (SSSR count). The second-order valence-electron chi connectivity index (χ2n) is 4.24. The summed E-state index contributed by atoms with van der Waals surface area (Å²) in [5.41, 5.74) is 2.31. The van der Waals surface area contributed by atoms with E-state index in [0.29, 0.717) is 0 Å². The Labute approximate surface area is 139 Å². The largest absolute Gasteiger partial charge is 0.360 e. The minimum Gasteiger partial charge on any atom is -0.360 e. The molecule has 3 aromatic rings. The van der Waals surface area contributed by atoms with Gasteiger partial charge >= 0.3 is 0 Å². The number of thiophene rings is 1. The van der Waals surface area contributed by atoms with E-state index in [1.807, 2.05) is 0 Å². The van der Waals surface area contributed by atoms with Gasteiger partial charge in [0.25, 0.3) is 0 Å². The first kappa shape index (κ1) is 15.0. The summed E-state index contributed by atoms with van der Waals surface area (Å²) in [5.74, 6) is 0.836. The molecule has 0 unspecified atom stereocenters. The Morgan fingerprint density at radius 2 is 2.24 bits per heavy atom. The van der Waals surface area contributed by atoms with E-state index >= 15 is 0 Å². The third-order valence-electron chi connectivity index (χ3n) is 2.60. The number of aromatic nitrogens is 3. The average Bonchev–Trinajstić information content (AvgIpc) is 3.22. The van der Waals surface area contributed by atoms with Gasteiger partial charge in [-0.15, -0.1) is 21.5 Å². The highest BCUT2D eigenvalue weighted by atomic mass is 32.2. The van der Waals surface area contributed by atoms with Crippen LogP contribution in [0.2, 0.25) is 0 Å². The molecule has 0 amide bonds. The molecule has 0 fully saturated rings. The van der Waals surface area contributed by atoms with E-state index in [2.05, 4.69) is 49.6 Å². The minimum atomic E-state index is 0.836. The number of nitrogens with one attached hydrogen (secondary N) is 1. The van der Waals surface area contributed by atoms with Gasteiger partial charge in [0, 0.05) is 28.6 Å². The van der Waals surface area contributed by atoms with Crippen LogP contribution in [0.5, 0.6) is 0 Å². The monoisotopic (exact) mass is 354 g/mol. The van der Waals surface area contributed by atoms with Crippen molar-refractivity contribution in [3.63, 3.8) is 0 Å². The quantitative estimate of drug-likeness (QED) is 0.615. The van der Waals surface area contributed by atoms with Crippen LogP contribution < -0.4 is 5.32 Å². The summed E-state index contributed by atoms with van der Waals surface area (Å²) >= 11 is 6.69. The van der Waals surface area contributed by atoms with Crippen LogP contribution in [0.4, 0.5) is 5.13 Å². The summed E-state index contributed by atoms with van der Waals surface area (Å²) in [6, 6.07) is 2.11. The van der Waals surface area contributed by atoms with Crippen LogP contribution in [0.15, 0.2) is 26.5 Å². The normalized spacial score (nSPS) is 10.9. The Hall–Kier alpha value is -0.960. The Kier molecular flexibility index (Phi) is 5.23. The van der Waals surface area contributed by atoms with Crippen LogP contribution in [0.25, 0.3) is 10.6 Å². The van der Waals surface area contributed by atoms with Crippen molar-refractivity contribution >= 4 is 50.9 Å². The molecular formula is C13H14N4S4. The molecule has 0 saturated heterocycles. The van der Waals surface area contributed by atoms with Crippen molar-refractivity contribution in [3.05, 3.63) is 27.9 Å². The van der Waals surface area contributed by atoms with Gasteiger partial charge < -0.3 is 5.32 Å². The van der Waals surface area contributed by atoms with Gasteiger partial charge in [0.05, 0.1) is 5.69 Å². The molecule has 0 atom stereocenters. The number of rotatable bonds is 7. The van der Waals surface area contributed by atoms with Gasteiger partial charge in [0.1, 0.15) is 5.01 Å². The standard InChI is InChI=1S/C13H14N4S4/c1-2-4-14-12-16-17-13(21-12)20-8-10-7-19-11(15-10)9-3-5-18-6-9/h3,5-7H,2,4,8H2,1H3,(H,14,16). The highest BCUT2D eigenvalue weighted by Crippen LogP contribution is 2.31. The van der Waals surface area contributed by atoms with Crippen molar-refractivity contribution in [2.75, 3.05) is 11.9 Å². The van der Waals surface area contributed by atoms with Crippen molar-refractivity contribution in [2.24, 2.45) is 0 Å². The Balaban J connectivity index is 1.56. The summed E-state index contributed by atoms with van der Waals surface area (Å²) in [5, 5.41) is 19.9. The lowest BCUT2D eigenvalue weighted by atomic mass is 10.4. The number of thiazole rings is 1. The molecule has 21 heavy (non-hydrogen) atoms. The first-order valence-electron chi connectivity index (χ1n) is 6.52. The molecule has 0 radical (unpaired) electrons. The topological polar surface area (TPSA) is 50.7 Å². The highest BCUT2D eigenvalue weighted by Gasteiger charge is 2.08. The van der Waals surface area contributed by atoms with E-state index < -0.39 is 0 Å². The van der Waals surface area contributed by atoms with Crippen LogP contribution in [-0.2, 0) is 5.75 Å². The second-order valence-corrected chi connectivity index (χ2v) is 8.08. The van der Waals surface area contributed by atoms with Gasteiger partial charge in [-0.1, -0.05) is 30.0 Å². The minimum absolute atomic E-state index is 0.836. The molecular weight excluding hydrogens is 340 g/mol. The van der Waals surface area contributed by atoms with Crippen LogP contribution in [-0.4, -0.2) is 21.7 Å². The smallest absolute Gasteiger partial charge is 0.206 e. The zero-order valence-electron chi connectivity index (χ0n) is 11.4. The van der Waals surface area contributed by atoms with E-state index in [-0.39, 0.29) is 0 Å². The van der Waals surface area contributed by atoms with Crippen molar-refractivity contribution in [1.29, 1.82) is 0 Å². The SMILES string of the molecule is CCCNc1nnc(SCc2csc(-c3ccsc3)n2)s1. The van der Waals surface area contributed by atoms with E-state index in [1.165, 1.54) is 5.56 Å². The third kappa shape index (κ3) is 4.03. The molecule has 0 aromatic carbocycles. The van der Waals surface area contributed by atoms with E-state index in [0.717, 1.165) is 38.9 Å². The molecule has 0 aliphatic heterocycles. The Bertz CT molecular complexity index is 674. The van der Waals surface area contributed by atoms with Gasteiger partial charge in [-0.05, 0) is 17.9 Å². The lowest BCUT2D eigenvalue weighted by Crippen LogP contribution is -1.98. The molecule has 0 saturated carbocycles. The molecule has 3 aromatic heterocycles. The molecule has 1 N–H and O–H groups in total. The number of anilines is 1. The lowest BCUT2D eigenvalue weighted by molar-refractivity contribution is 0.951. The Morgan fingerprint density at radius 3 is 3.05 bits per heavy atom. The zero-order chi connectivity index (χ0) is 14.5. The highest BCUT2D eigenvalue weighted by molar-refractivity contribution is 8.00. The molecule has 8 heteroatoms. The van der Waals surface area contributed by atoms with Crippen molar-refractivity contribution in [1.82, 2.24) is 15.2 Å². The van der Waals surface area contributed by atoms with Crippen molar-refractivity contribution < 1.29 is 0 Å². The van der Waals surface area contributed by atoms with Gasteiger partial charge in [0.2, 0.25) is 5.13 Å². The molecule has 3 heterocycles. The van der Waals surface area contributed by atoms with Gasteiger partial charge in [-0.25, -0.2) is 4.98 Å². The summed E-state index contributed by atoms with van der Waals surface area (Å²) in [4.78, 5) is 4.67. The van der Waals surface area contributed by atoms with E-state index in [9.17, 15) is 0 Å². The summed E-state index contributed by atoms with van der Waals surface area (Å²) < 4.78 is 0.985. The van der Waals surface area contributed by atoms with Crippen LogP contribution in [0.3, 0.4) is 0 Å². The number of hydrogen-bond donors (Lipinski definition) is 1. The first-order chi connectivity index (χ1) is 10.3. The summed E-state index contributed by atoms with van der Waals surface area (Å²) in [6.07, 6.45) is 1.09. The number of thioether (sulfide) groups is 1. The first-order valence-corrected chi connectivity index (χ1v) is 10.1. The lowest BCUT2D eigenvalue weighted by Gasteiger charge is -1.95. The van der Waals surface area contributed by atoms with Gasteiger partial charge in [0.15, 0.2) is 4.34 Å². The fraction of sp³-hybridized carbons (Fsp3) is 0.308. The Morgan fingerprint density at radius 1 is 1.29 bits per heavy atom. The van der Waals surface area contributed by atoms with Gasteiger partial charge in [-0.2, -0.15) is 11.3 Å².